The number of nitrogens with two attached hydrogens (primary N) is 1. The van der Waals surface area contributed by atoms with E-state index >= 15 is 0 Å². The number of nitrogens with zero attached hydrogens (tertiary/aromatic N) is 2. The van der Waals surface area contributed by atoms with Crippen LogP contribution in [0.15, 0.2) is 4.99 Å². The maximum absolute atomic E-state index is 5.94. The first kappa shape index (κ1) is 12.7. The van der Waals surface area contributed by atoms with Gasteiger partial charge in [0.15, 0.2) is 5.96 Å². The second kappa shape index (κ2) is 6.27. The fourth-order valence-electron chi connectivity index (χ4n) is 2.80. The summed E-state index contributed by atoms with van der Waals surface area (Å²) < 4.78 is 0. The molecule has 2 rings (SSSR count). The van der Waals surface area contributed by atoms with Crippen LogP contribution in [0.5, 0.6) is 0 Å². The van der Waals surface area contributed by atoms with Crippen LogP contribution in [0, 0.1) is 5.92 Å². The molecule has 0 amide bonds. The molecule has 2 aliphatic rings. The molecule has 0 saturated heterocycles. The van der Waals surface area contributed by atoms with E-state index in [1.54, 1.807) is 0 Å². The van der Waals surface area contributed by atoms with E-state index in [4.69, 9.17) is 5.73 Å². The highest BCUT2D eigenvalue weighted by atomic mass is 15.3. The highest BCUT2D eigenvalue weighted by Crippen LogP contribution is 2.29. The minimum absolute atomic E-state index is 0.678. The van der Waals surface area contributed by atoms with Crippen molar-refractivity contribution in [3.63, 3.8) is 0 Å². The Bertz CT molecular complexity index is 252. The molecule has 3 heteroatoms. The van der Waals surface area contributed by atoms with Crippen LogP contribution in [0.2, 0.25) is 0 Å². The van der Waals surface area contributed by atoms with Gasteiger partial charge in [-0.25, -0.2) is 0 Å². The van der Waals surface area contributed by atoms with Crippen molar-refractivity contribution < 1.29 is 0 Å². The molecule has 0 bridgehead atoms. The van der Waals surface area contributed by atoms with Crippen LogP contribution in [0.1, 0.15) is 57.8 Å². The molecule has 0 unspecified atom stereocenters. The zero-order chi connectivity index (χ0) is 12.1. The molecule has 0 radical (unpaired) electrons. The summed E-state index contributed by atoms with van der Waals surface area (Å²) in [7, 11) is 2.06. The summed E-state index contributed by atoms with van der Waals surface area (Å²) >= 11 is 0. The molecule has 2 N–H and O–H groups in total. The summed E-state index contributed by atoms with van der Waals surface area (Å²) in [6.07, 6.45) is 12.4. The minimum atomic E-state index is 0.678. The number of aliphatic imine (C=N–C) groups is 1. The van der Waals surface area contributed by atoms with Crippen LogP contribution in [0.3, 0.4) is 0 Å². The van der Waals surface area contributed by atoms with Crippen molar-refractivity contribution in [3.05, 3.63) is 0 Å². The van der Waals surface area contributed by atoms with Gasteiger partial charge in [0.1, 0.15) is 0 Å². The van der Waals surface area contributed by atoms with Crippen molar-refractivity contribution in [2.24, 2.45) is 16.6 Å². The fraction of sp³-hybridized carbons (Fsp3) is 0.929. The van der Waals surface area contributed by atoms with E-state index in [1.807, 2.05) is 0 Å². The predicted octanol–water partition coefficient (Wildman–Crippen LogP) is 2.76. The lowest BCUT2D eigenvalue weighted by Crippen LogP contribution is -2.35. The van der Waals surface area contributed by atoms with Gasteiger partial charge in [0.05, 0.1) is 0 Å². The summed E-state index contributed by atoms with van der Waals surface area (Å²) in [5, 5.41) is 0. The van der Waals surface area contributed by atoms with Crippen LogP contribution in [-0.2, 0) is 0 Å². The standard InChI is InChI=1S/C14H27N3/c1-17(13-9-10-13)14(15)16-11-5-4-8-12-6-2-3-7-12/h12-13H,2-11H2,1H3,(H2,15,16). The van der Waals surface area contributed by atoms with E-state index in [-0.39, 0.29) is 0 Å². The Morgan fingerprint density at radius 2 is 1.88 bits per heavy atom. The van der Waals surface area contributed by atoms with Gasteiger partial charge >= 0.3 is 0 Å². The SMILES string of the molecule is CN(C(N)=NCCCCC1CCCC1)C1CC1. The third-order valence-electron chi connectivity index (χ3n) is 4.22. The van der Waals surface area contributed by atoms with Gasteiger partial charge in [0.25, 0.3) is 0 Å². The average molecular weight is 237 g/mol. The third-order valence-corrected chi connectivity index (χ3v) is 4.22. The van der Waals surface area contributed by atoms with Crippen LogP contribution >= 0.6 is 0 Å². The first-order valence-electron chi connectivity index (χ1n) is 7.30. The Hall–Kier alpha value is -0.730. The van der Waals surface area contributed by atoms with Gasteiger partial charge in [0.2, 0.25) is 0 Å². The van der Waals surface area contributed by atoms with Crippen LogP contribution in [0.4, 0.5) is 0 Å². The zero-order valence-corrected chi connectivity index (χ0v) is 11.2. The average Bonchev–Trinajstić information content (AvgIpc) is 3.05. The summed E-state index contributed by atoms with van der Waals surface area (Å²) in [6, 6.07) is 0.678. The van der Waals surface area contributed by atoms with Crippen molar-refractivity contribution in [1.29, 1.82) is 0 Å². The lowest BCUT2D eigenvalue weighted by atomic mass is 10.0. The normalized spacial score (nSPS) is 22.1. The Labute approximate surface area is 105 Å². The molecule has 0 heterocycles. The van der Waals surface area contributed by atoms with E-state index < -0.39 is 0 Å². The van der Waals surface area contributed by atoms with E-state index in [1.165, 1.54) is 57.8 Å². The van der Waals surface area contributed by atoms with Crippen molar-refractivity contribution in [2.75, 3.05) is 13.6 Å². The quantitative estimate of drug-likeness (QED) is 0.438. The van der Waals surface area contributed by atoms with Crippen LogP contribution < -0.4 is 5.73 Å². The topological polar surface area (TPSA) is 41.6 Å². The van der Waals surface area contributed by atoms with Crippen molar-refractivity contribution in [2.45, 2.75) is 63.8 Å². The minimum Gasteiger partial charge on any atom is -0.370 e. The van der Waals surface area contributed by atoms with Crippen LogP contribution in [-0.4, -0.2) is 30.5 Å². The Balaban J connectivity index is 1.53. The molecule has 0 aromatic carbocycles. The fourth-order valence-corrected chi connectivity index (χ4v) is 2.80. The Kier molecular flexibility index (Phi) is 4.69. The summed E-state index contributed by atoms with van der Waals surface area (Å²) in [6.45, 7) is 0.912. The number of guanidine groups is 1. The van der Waals surface area contributed by atoms with Gasteiger partial charge in [-0.1, -0.05) is 38.5 Å². The monoisotopic (exact) mass is 237 g/mol. The molecule has 0 aromatic heterocycles. The number of rotatable bonds is 6. The molecule has 3 nitrogen and oxygen atoms in total. The predicted molar refractivity (Wildman–Crippen MR) is 73.1 cm³/mol. The molecular formula is C14H27N3. The second-order valence-corrected chi connectivity index (χ2v) is 5.73. The summed E-state index contributed by atoms with van der Waals surface area (Å²) in [5.74, 6) is 1.76. The molecule has 0 atom stereocenters. The molecule has 2 aliphatic carbocycles. The maximum Gasteiger partial charge on any atom is 0.191 e. The third kappa shape index (κ3) is 4.21. The largest absolute Gasteiger partial charge is 0.370 e. The van der Waals surface area contributed by atoms with E-state index in [9.17, 15) is 0 Å². The molecule has 0 spiro atoms. The van der Waals surface area contributed by atoms with Gasteiger partial charge in [-0.3, -0.25) is 4.99 Å². The second-order valence-electron chi connectivity index (χ2n) is 5.73. The molecule has 0 aliphatic heterocycles. The molecule has 2 fully saturated rings. The lowest BCUT2D eigenvalue weighted by molar-refractivity contribution is 0.470. The lowest BCUT2D eigenvalue weighted by Gasteiger charge is -2.16. The molecule has 98 valence electrons. The highest BCUT2D eigenvalue weighted by molar-refractivity contribution is 5.78. The van der Waals surface area contributed by atoms with Gasteiger partial charge in [0, 0.05) is 19.6 Å². The number of unbranched alkanes of at least 4 members (excludes halogenated alkanes) is 1. The number of hydrogen-bond acceptors (Lipinski definition) is 1. The molecular weight excluding hydrogens is 210 g/mol. The van der Waals surface area contributed by atoms with E-state index in [0.717, 1.165) is 18.4 Å². The summed E-state index contributed by atoms with van der Waals surface area (Å²) in [5.41, 5.74) is 5.94. The van der Waals surface area contributed by atoms with Gasteiger partial charge in [-0.2, -0.15) is 0 Å². The first-order chi connectivity index (χ1) is 8.27. The summed E-state index contributed by atoms with van der Waals surface area (Å²) in [4.78, 5) is 6.61. The molecule has 2 saturated carbocycles. The maximum atomic E-state index is 5.94. The Morgan fingerprint density at radius 3 is 2.53 bits per heavy atom. The first-order valence-corrected chi connectivity index (χ1v) is 7.30. The van der Waals surface area contributed by atoms with E-state index in [0.29, 0.717) is 6.04 Å². The smallest absolute Gasteiger partial charge is 0.191 e. The van der Waals surface area contributed by atoms with E-state index in [2.05, 4.69) is 16.9 Å². The van der Waals surface area contributed by atoms with Gasteiger partial charge in [-0.15, -0.1) is 0 Å². The Morgan fingerprint density at radius 1 is 1.18 bits per heavy atom. The van der Waals surface area contributed by atoms with Crippen molar-refractivity contribution >= 4 is 5.96 Å². The highest BCUT2D eigenvalue weighted by Gasteiger charge is 2.27. The van der Waals surface area contributed by atoms with Crippen molar-refractivity contribution in [1.82, 2.24) is 4.90 Å². The number of hydrogen-bond donors (Lipinski definition) is 1. The molecule has 17 heavy (non-hydrogen) atoms. The van der Waals surface area contributed by atoms with Crippen molar-refractivity contribution in [3.8, 4) is 0 Å². The molecule has 0 aromatic rings. The van der Waals surface area contributed by atoms with Crippen LogP contribution in [0.25, 0.3) is 0 Å². The zero-order valence-electron chi connectivity index (χ0n) is 11.2. The van der Waals surface area contributed by atoms with Gasteiger partial charge < -0.3 is 10.6 Å². The van der Waals surface area contributed by atoms with Gasteiger partial charge in [-0.05, 0) is 25.2 Å².